The van der Waals surface area contributed by atoms with E-state index in [4.69, 9.17) is 19.7 Å². The summed E-state index contributed by atoms with van der Waals surface area (Å²) in [7, 11) is 1.27. The Labute approximate surface area is 81.2 Å². The lowest BCUT2D eigenvalue weighted by atomic mass is 10.7. The SMILES string of the molecule is CCOCCOC(=O)OC.O=C(O)O. The Hall–Kier alpha value is -1.50. The van der Waals surface area contributed by atoms with E-state index in [2.05, 4.69) is 9.47 Å². The van der Waals surface area contributed by atoms with Crippen molar-refractivity contribution in [3.63, 3.8) is 0 Å². The zero-order valence-corrected chi connectivity index (χ0v) is 8.06. The molecule has 0 aromatic carbocycles. The quantitative estimate of drug-likeness (QED) is 0.527. The number of hydrogen-bond donors (Lipinski definition) is 2. The van der Waals surface area contributed by atoms with Gasteiger partial charge in [0.1, 0.15) is 6.61 Å². The first-order valence-corrected chi connectivity index (χ1v) is 3.75. The normalized spacial score (nSPS) is 8.14. The summed E-state index contributed by atoms with van der Waals surface area (Å²) in [5.74, 6) is 0. The van der Waals surface area contributed by atoms with E-state index >= 15 is 0 Å². The first-order valence-electron chi connectivity index (χ1n) is 3.75. The minimum atomic E-state index is -1.83. The van der Waals surface area contributed by atoms with Crippen LogP contribution in [0.1, 0.15) is 6.92 Å². The van der Waals surface area contributed by atoms with Crippen molar-refractivity contribution in [2.45, 2.75) is 6.92 Å². The van der Waals surface area contributed by atoms with Gasteiger partial charge in [-0.3, -0.25) is 0 Å². The molecule has 0 aromatic rings. The predicted molar refractivity (Wildman–Crippen MR) is 45.5 cm³/mol. The van der Waals surface area contributed by atoms with Crippen LogP contribution < -0.4 is 0 Å². The minimum Gasteiger partial charge on any atom is -0.450 e. The molecule has 0 aliphatic heterocycles. The Kier molecular flexibility index (Phi) is 12.3. The summed E-state index contributed by atoms with van der Waals surface area (Å²) in [4.78, 5) is 18.8. The van der Waals surface area contributed by atoms with E-state index in [0.29, 0.717) is 13.2 Å². The van der Waals surface area contributed by atoms with Crippen molar-refractivity contribution in [3.05, 3.63) is 0 Å². The van der Waals surface area contributed by atoms with Crippen LogP contribution in [0.2, 0.25) is 0 Å². The van der Waals surface area contributed by atoms with Gasteiger partial charge in [-0.25, -0.2) is 9.59 Å². The molecule has 0 unspecified atom stereocenters. The molecule has 0 spiro atoms. The molecular weight excluding hydrogens is 196 g/mol. The molecule has 14 heavy (non-hydrogen) atoms. The van der Waals surface area contributed by atoms with Gasteiger partial charge in [0.2, 0.25) is 0 Å². The van der Waals surface area contributed by atoms with Crippen molar-refractivity contribution >= 4 is 12.3 Å². The zero-order chi connectivity index (χ0) is 11.4. The highest BCUT2D eigenvalue weighted by molar-refractivity contribution is 5.59. The number of carboxylic acid groups (broad SMARTS) is 2. The average Bonchev–Trinajstić information content (AvgIpc) is 2.11. The van der Waals surface area contributed by atoms with E-state index in [1.807, 2.05) is 6.92 Å². The smallest absolute Gasteiger partial charge is 0.450 e. The molecule has 0 bridgehead atoms. The third kappa shape index (κ3) is 22.4. The summed E-state index contributed by atoms with van der Waals surface area (Å²) >= 11 is 0. The molecule has 0 aliphatic rings. The van der Waals surface area contributed by atoms with Crippen molar-refractivity contribution in [2.75, 3.05) is 26.9 Å². The fraction of sp³-hybridized carbons (Fsp3) is 0.714. The van der Waals surface area contributed by atoms with Crippen LogP contribution in [0.25, 0.3) is 0 Å². The molecular formula is C7H14O7. The van der Waals surface area contributed by atoms with Crippen LogP contribution in [0.4, 0.5) is 9.59 Å². The molecule has 0 fully saturated rings. The minimum absolute atomic E-state index is 0.251. The molecule has 0 atom stereocenters. The number of ether oxygens (including phenoxy) is 3. The molecule has 84 valence electrons. The van der Waals surface area contributed by atoms with Gasteiger partial charge in [-0.1, -0.05) is 0 Å². The van der Waals surface area contributed by atoms with Gasteiger partial charge in [0.05, 0.1) is 13.7 Å². The van der Waals surface area contributed by atoms with Crippen LogP contribution in [0.3, 0.4) is 0 Å². The highest BCUT2D eigenvalue weighted by Crippen LogP contribution is 1.82. The molecule has 0 heterocycles. The van der Waals surface area contributed by atoms with Gasteiger partial charge in [-0.05, 0) is 6.92 Å². The molecule has 0 radical (unpaired) electrons. The molecule has 7 nitrogen and oxygen atoms in total. The second-order valence-corrected chi connectivity index (χ2v) is 1.78. The molecule has 0 amide bonds. The third-order valence-corrected chi connectivity index (χ3v) is 0.818. The summed E-state index contributed by atoms with van der Waals surface area (Å²) < 4.78 is 13.6. The van der Waals surface area contributed by atoms with Crippen LogP contribution in [0, 0.1) is 0 Å². The van der Waals surface area contributed by atoms with Crippen LogP contribution in [0.5, 0.6) is 0 Å². The molecule has 2 N–H and O–H groups in total. The van der Waals surface area contributed by atoms with E-state index in [-0.39, 0.29) is 6.61 Å². The van der Waals surface area contributed by atoms with Gasteiger partial charge in [0.25, 0.3) is 0 Å². The van der Waals surface area contributed by atoms with Crippen molar-refractivity contribution in [1.82, 2.24) is 0 Å². The lowest BCUT2D eigenvalue weighted by Gasteiger charge is -2.01. The molecule has 0 rings (SSSR count). The second-order valence-electron chi connectivity index (χ2n) is 1.78. The number of rotatable bonds is 4. The van der Waals surface area contributed by atoms with E-state index in [1.165, 1.54) is 7.11 Å². The highest BCUT2D eigenvalue weighted by atomic mass is 16.7. The second kappa shape index (κ2) is 11.5. The molecule has 0 saturated carbocycles. The number of carbonyl (C=O) groups is 2. The van der Waals surface area contributed by atoms with E-state index in [1.54, 1.807) is 0 Å². The summed E-state index contributed by atoms with van der Waals surface area (Å²) in [5.41, 5.74) is 0. The summed E-state index contributed by atoms with van der Waals surface area (Å²) in [6, 6.07) is 0. The monoisotopic (exact) mass is 210 g/mol. The lowest BCUT2D eigenvalue weighted by molar-refractivity contribution is 0.0405. The Morgan fingerprint density at radius 3 is 2.07 bits per heavy atom. The van der Waals surface area contributed by atoms with Crippen LogP contribution in [-0.2, 0) is 14.2 Å². The van der Waals surface area contributed by atoms with Gasteiger partial charge in [-0.2, -0.15) is 0 Å². The number of hydrogen-bond acceptors (Lipinski definition) is 5. The van der Waals surface area contributed by atoms with Crippen molar-refractivity contribution < 1.29 is 34.0 Å². The number of methoxy groups -OCH3 is 1. The van der Waals surface area contributed by atoms with Gasteiger partial charge < -0.3 is 24.4 Å². The fourth-order valence-corrected chi connectivity index (χ4v) is 0.387. The van der Waals surface area contributed by atoms with Crippen LogP contribution in [0.15, 0.2) is 0 Å². The van der Waals surface area contributed by atoms with E-state index in [9.17, 15) is 4.79 Å². The number of carbonyl (C=O) groups excluding carboxylic acids is 1. The molecule has 7 heteroatoms. The van der Waals surface area contributed by atoms with Gasteiger partial charge in [0, 0.05) is 6.61 Å². The van der Waals surface area contributed by atoms with E-state index < -0.39 is 12.3 Å². The maximum absolute atomic E-state index is 10.3. The Morgan fingerprint density at radius 2 is 1.71 bits per heavy atom. The van der Waals surface area contributed by atoms with Crippen molar-refractivity contribution in [3.8, 4) is 0 Å². The van der Waals surface area contributed by atoms with Gasteiger partial charge in [-0.15, -0.1) is 0 Å². The fourth-order valence-electron chi connectivity index (χ4n) is 0.387. The maximum Gasteiger partial charge on any atom is 0.508 e. The molecule has 0 saturated heterocycles. The van der Waals surface area contributed by atoms with Crippen molar-refractivity contribution in [2.24, 2.45) is 0 Å². The average molecular weight is 210 g/mol. The van der Waals surface area contributed by atoms with Gasteiger partial charge >= 0.3 is 12.3 Å². The molecule has 0 aromatic heterocycles. The Bertz CT molecular complexity index is 152. The maximum atomic E-state index is 10.3. The van der Waals surface area contributed by atoms with Gasteiger partial charge in [0.15, 0.2) is 0 Å². The zero-order valence-electron chi connectivity index (χ0n) is 8.06. The Morgan fingerprint density at radius 1 is 1.21 bits per heavy atom. The summed E-state index contributed by atoms with van der Waals surface area (Å²) in [6.07, 6.45) is -2.50. The lowest BCUT2D eigenvalue weighted by Crippen LogP contribution is -2.09. The summed E-state index contributed by atoms with van der Waals surface area (Å²) in [6.45, 7) is 3.18. The largest absolute Gasteiger partial charge is 0.508 e. The standard InChI is InChI=1S/C6H12O4.CH2O3/c1-3-9-4-5-10-6(7)8-2;2-1(3)4/h3-5H2,1-2H3;(H2,2,3,4). The Balaban J connectivity index is 0. The van der Waals surface area contributed by atoms with Crippen molar-refractivity contribution in [1.29, 1.82) is 0 Å². The first kappa shape index (κ1) is 15.0. The first-order chi connectivity index (χ1) is 6.54. The third-order valence-electron chi connectivity index (χ3n) is 0.818. The van der Waals surface area contributed by atoms with Crippen LogP contribution >= 0.6 is 0 Å². The predicted octanol–water partition coefficient (Wildman–Crippen LogP) is 1.03. The van der Waals surface area contributed by atoms with Crippen LogP contribution in [-0.4, -0.2) is 49.5 Å². The topological polar surface area (TPSA) is 102 Å². The summed E-state index contributed by atoms with van der Waals surface area (Å²) in [5, 5.41) is 13.9. The van der Waals surface area contributed by atoms with E-state index in [0.717, 1.165) is 0 Å². The highest BCUT2D eigenvalue weighted by Gasteiger charge is 1.97. The molecule has 0 aliphatic carbocycles.